The van der Waals surface area contributed by atoms with Crippen LogP contribution >= 0.6 is 11.3 Å². The third-order valence-electron chi connectivity index (χ3n) is 8.37. The Morgan fingerprint density at radius 3 is 1.66 bits per heavy atom. The van der Waals surface area contributed by atoms with Crippen molar-refractivity contribution in [2.45, 2.75) is 0 Å². The van der Waals surface area contributed by atoms with Crippen LogP contribution in [0.2, 0.25) is 0 Å². The second-order valence-corrected chi connectivity index (χ2v) is 12.6. The monoisotopic (exact) mass is 764 g/mol. The predicted octanol–water partition coefficient (Wildman–Crippen LogP) is 14.1. The number of aromatic nitrogens is 3. The van der Waals surface area contributed by atoms with Crippen LogP contribution in [-0.4, -0.2) is 15.0 Å². The molecule has 0 bridgehead atoms. The van der Waals surface area contributed by atoms with E-state index in [2.05, 4.69) is 15.0 Å². The first kappa shape index (κ1) is 13.8. The number of hydrogen-bond acceptors (Lipinski definition) is 5. The van der Waals surface area contributed by atoms with Gasteiger partial charge in [-0.15, -0.1) is 11.3 Å². The maximum absolute atomic E-state index is 9.98. The van der Waals surface area contributed by atoms with Crippen molar-refractivity contribution in [2.24, 2.45) is 0 Å². The first-order valence-corrected chi connectivity index (χ1v) is 17.0. The number of benzene rings is 8. The summed E-state index contributed by atoms with van der Waals surface area (Å²) in [5, 5.41) is -1.94. The Morgan fingerprint density at radius 1 is 0.393 bits per heavy atom. The summed E-state index contributed by atoms with van der Waals surface area (Å²) in [6.45, 7) is 0. The molecule has 0 atom stereocenters. The van der Waals surface area contributed by atoms with Crippen molar-refractivity contribution in [1.29, 1.82) is 0 Å². The maximum atomic E-state index is 9.98. The molecule has 0 fully saturated rings. The molecule has 0 amide bonds. The molecule has 0 unspecified atom stereocenters. The van der Waals surface area contributed by atoms with Crippen LogP contribution in [0, 0.1) is 0 Å². The van der Waals surface area contributed by atoms with Gasteiger partial charge in [0, 0.05) is 47.6 Å². The quantitative estimate of drug-likeness (QED) is 0.169. The molecule has 0 aliphatic rings. The largest absolute Gasteiger partial charge is 0.455 e. The zero-order valence-corrected chi connectivity index (χ0v) is 28.5. The van der Waals surface area contributed by atoms with E-state index in [0.29, 0.717) is 11.3 Å². The van der Waals surface area contributed by atoms with Crippen molar-refractivity contribution >= 4 is 53.4 Å². The summed E-state index contributed by atoms with van der Waals surface area (Å²) < 4.78 is 282. The molecule has 0 radical (unpaired) electrons. The Balaban J connectivity index is 1.32. The zero-order chi connectivity index (χ0) is 64.0. The summed E-state index contributed by atoms with van der Waals surface area (Å²) in [5.74, 6) is -2.71. The van der Waals surface area contributed by atoms with Crippen LogP contribution in [0.5, 0.6) is 0 Å². The van der Waals surface area contributed by atoms with E-state index in [1.165, 1.54) is 0 Å². The average Bonchev–Trinajstić information content (AvgIpc) is 1.61. The van der Waals surface area contributed by atoms with Crippen molar-refractivity contribution in [3.63, 3.8) is 0 Å². The minimum absolute atomic E-state index is 0.229. The van der Waals surface area contributed by atoms with Crippen molar-refractivity contribution in [1.82, 2.24) is 15.0 Å². The van der Waals surface area contributed by atoms with Crippen LogP contribution in [0.1, 0.15) is 42.5 Å². The molecule has 5 heteroatoms. The van der Waals surface area contributed by atoms with E-state index in [0.717, 1.165) is 0 Å². The highest BCUT2D eigenvalue weighted by Crippen LogP contribution is 2.47. The normalized spacial score (nSPS) is 19.3. The Kier molecular flexibility index (Phi) is 3.28. The first-order valence-electron chi connectivity index (χ1n) is 31.7. The van der Waals surface area contributed by atoms with E-state index in [1.54, 1.807) is 0 Å². The lowest BCUT2D eigenvalue weighted by atomic mass is 9.93. The van der Waals surface area contributed by atoms with E-state index < -0.39 is 282 Å². The molecular weight excluding hydrogens is 703 g/mol. The smallest absolute Gasteiger partial charge is 0.167 e. The Morgan fingerprint density at radius 2 is 0.929 bits per heavy atom. The highest BCUT2D eigenvalue weighted by molar-refractivity contribution is 7.26. The third-order valence-corrected chi connectivity index (χ3v) is 9.49. The standard InChI is InChI=1S/C51H31N3OS/c1-4-14-32(15-5-1)34-26-28-36(29-27-34)50-52-49(35-18-8-3-9-19-35)53-51(54-50)41-23-12-22-40-46-39(21-13-24-44(46)55-47(40)41)43-31-37(33-16-6-2-7-17-33)30-42-38-20-10-11-25-45(38)56-48(42)43/h1-31H/i1D,2D,3D,4D,5D,6D,7D,8D,9D,10D,11D,12D,13D,14D,15D,16D,17D,18D,19D,20D,21D,22D,23D,24D,25D,26D,27D,28D,29D,30D,31D. The highest BCUT2D eigenvalue weighted by atomic mass is 32.1. The molecule has 0 saturated heterocycles. The lowest BCUT2D eigenvalue weighted by Crippen LogP contribution is -2.00. The van der Waals surface area contributed by atoms with Crippen LogP contribution in [0.4, 0.5) is 0 Å². The second-order valence-electron chi connectivity index (χ2n) is 11.6. The molecule has 11 aromatic rings. The fourth-order valence-electron chi connectivity index (χ4n) is 5.95. The van der Waals surface area contributed by atoms with Crippen LogP contribution in [-0.2, 0) is 0 Å². The van der Waals surface area contributed by atoms with E-state index in [-0.39, 0.29) is 14.8 Å². The van der Waals surface area contributed by atoms with E-state index in [4.69, 9.17) is 33.2 Å². The van der Waals surface area contributed by atoms with Crippen molar-refractivity contribution in [3.8, 4) is 67.5 Å². The van der Waals surface area contributed by atoms with Crippen LogP contribution in [0.3, 0.4) is 0 Å². The molecule has 0 N–H and O–H groups in total. The number of para-hydroxylation sites is 1. The summed E-state index contributed by atoms with van der Waals surface area (Å²) in [5.41, 5.74) is -8.12. The minimum Gasteiger partial charge on any atom is -0.455 e. The van der Waals surface area contributed by atoms with Gasteiger partial charge >= 0.3 is 0 Å². The van der Waals surface area contributed by atoms with Crippen LogP contribution in [0.25, 0.3) is 110 Å². The van der Waals surface area contributed by atoms with Crippen LogP contribution in [0.15, 0.2) is 192 Å². The molecular formula is C51H31N3OS. The fourth-order valence-corrected chi connectivity index (χ4v) is 7.02. The number of rotatable bonds is 6. The van der Waals surface area contributed by atoms with Gasteiger partial charge in [-0.3, -0.25) is 0 Å². The minimum atomic E-state index is -1.05. The molecule has 262 valence electrons. The van der Waals surface area contributed by atoms with Gasteiger partial charge in [-0.25, -0.2) is 15.0 Å². The predicted molar refractivity (Wildman–Crippen MR) is 233 cm³/mol. The highest BCUT2D eigenvalue weighted by Gasteiger charge is 2.21. The molecule has 3 aromatic heterocycles. The zero-order valence-electron chi connectivity index (χ0n) is 58.7. The molecule has 11 rings (SSSR count). The molecule has 4 nitrogen and oxygen atoms in total. The summed E-state index contributed by atoms with van der Waals surface area (Å²) >= 11 is 0.571. The average molecular weight is 765 g/mol. The van der Waals surface area contributed by atoms with Gasteiger partial charge in [0.1, 0.15) is 11.2 Å². The van der Waals surface area contributed by atoms with Crippen molar-refractivity contribution in [2.75, 3.05) is 0 Å². The number of thiophene rings is 1. The second kappa shape index (κ2) is 13.3. The van der Waals surface area contributed by atoms with E-state index in [9.17, 15) is 13.7 Å². The van der Waals surface area contributed by atoms with Gasteiger partial charge in [0.15, 0.2) is 17.5 Å². The van der Waals surface area contributed by atoms with Gasteiger partial charge in [-0.1, -0.05) is 157 Å². The molecule has 0 aliphatic carbocycles. The molecule has 8 aromatic carbocycles. The van der Waals surface area contributed by atoms with Gasteiger partial charge in [0.25, 0.3) is 0 Å². The van der Waals surface area contributed by atoms with Gasteiger partial charge in [-0.2, -0.15) is 0 Å². The summed E-state index contributed by atoms with van der Waals surface area (Å²) in [6, 6.07) is -28.2. The molecule has 0 aliphatic heterocycles. The molecule has 0 saturated carbocycles. The van der Waals surface area contributed by atoms with Gasteiger partial charge in [-0.05, 0) is 58.0 Å². The summed E-state index contributed by atoms with van der Waals surface area (Å²) in [4.78, 5) is 13.1. The number of furan rings is 1. The fraction of sp³-hybridized carbons (Fsp3) is 0. The Hall–Kier alpha value is -7.21. The Bertz CT molecular complexity index is 4960. The Labute approximate surface area is 370 Å². The molecule has 3 heterocycles. The number of fused-ring (bicyclic) bond motifs is 6. The van der Waals surface area contributed by atoms with Gasteiger partial charge < -0.3 is 4.42 Å². The molecule has 0 spiro atoms. The topological polar surface area (TPSA) is 51.8 Å². The van der Waals surface area contributed by atoms with Gasteiger partial charge in [0.2, 0.25) is 0 Å². The number of hydrogen-bond donors (Lipinski definition) is 0. The van der Waals surface area contributed by atoms with Crippen LogP contribution < -0.4 is 0 Å². The van der Waals surface area contributed by atoms with Crippen molar-refractivity contribution < 1.29 is 46.9 Å². The van der Waals surface area contributed by atoms with E-state index in [1.807, 2.05) is 0 Å². The molecule has 56 heavy (non-hydrogen) atoms. The maximum Gasteiger partial charge on any atom is 0.167 e. The first-order chi connectivity index (χ1) is 40.6. The van der Waals surface area contributed by atoms with Gasteiger partial charge in [0.05, 0.1) is 48.1 Å². The lowest BCUT2D eigenvalue weighted by Gasteiger charge is -2.10. The summed E-state index contributed by atoms with van der Waals surface area (Å²) in [7, 11) is 0. The van der Waals surface area contributed by atoms with E-state index >= 15 is 0 Å². The third kappa shape index (κ3) is 5.48. The lowest BCUT2D eigenvalue weighted by molar-refractivity contribution is 0.669. The summed E-state index contributed by atoms with van der Waals surface area (Å²) in [6.07, 6.45) is 0. The SMILES string of the molecule is [2H]c1c([2H])c([2H])c(-c2nc(-c3c([2H])c([2H])c(-c4c([2H])c([2H])c([2H])c([2H])c4[2H])c([2H])c3[2H])nc(-c3c([2H])c([2H])c([2H])c4c3oc3c([2H])c([2H])c([2H])c(-c5c([2H])c(-c6c([2H])c([2H])c([2H])c([2H])c6[2H])c([2H])c6c5sc5c([2H])c([2H])c([2H])c([2H])c56)c34)n2)c([2H])c1[2H]. The number of nitrogens with zero attached hydrogens (tertiary/aromatic N) is 3. The van der Waals surface area contributed by atoms with Crippen molar-refractivity contribution in [3.05, 3.63) is 187 Å².